The molecule has 3 nitrogen and oxygen atoms in total. The maximum atomic E-state index is 12.7. The summed E-state index contributed by atoms with van der Waals surface area (Å²) in [6.45, 7) is 2.33. The van der Waals surface area contributed by atoms with Crippen molar-refractivity contribution in [3.8, 4) is 6.07 Å². The van der Waals surface area contributed by atoms with Gasteiger partial charge in [0.1, 0.15) is 0 Å². The highest BCUT2D eigenvalue weighted by atomic mass is 19.4. The van der Waals surface area contributed by atoms with Crippen LogP contribution in [0.25, 0.3) is 0 Å². The van der Waals surface area contributed by atoms with Gasteiger partial charge in [-0.3, -0.25) is 4.90 Å². The maximum Gasteiger partial charge on any atom is 0.416 e. The normalized spacial score (nSPS) is 18.8. The number of rotatable bonds is 2. The summed E-state index contributed by atoms with van der Waals surface area (Å²) in [4.78, 5) is 4.35. The summed E-state index contributed by atoms with van der Waals surface area (Å²) in [5.41, 5.74) is 1.87. The van der Waals surface area contributed by atoms with E-state index in [9.17, 15) is 13.2 Å². The van der Waals surface area contributed by atoms with Crippen LogP contribution in [-0.4, -0.2) is 31.6 Å². The lowest BCUT2D eigenvalue weighted by Crippen LogP contribution is -2.46. The molecule has 0 N–H and O–H groups in total. The number of nitriles is 1. The molecule has 25 heavy (non-hydrogen) atoms. The van der Waals surface area contributed by atoms with E-state index in [4.69, 9.17) is 5.26 Å². The molecule has 3 rings (SSSR count). The quantitative estimate of drug-likeness (QED) is 0.822. The largest absolute Gasteiger partial charge is 0.416 e. The lowest BCUT2D eigenvalue weighted by atomic mass is 10.0. The second-order valence-electron chi connectivity index (χ2n) is 6.22. The Labute approximate surface area is 144 Å². The Morgan fingerprint density at radius 1 is 1.00 bits per heavy atom. The first-order valence-corrected chi connectivity index (χ1v) is 8.01. The van der Waals surface area contributed by atoms with Gasteiger partial charge >= 0.3 is 6.18 Å². The smallest absolute Gasteiger partial charge is 0.368 e. The van der Waals surface area contributed by atoms with Gasteiger partial charge in [-0.1, -0.05) is 12.1 Å². The molecule has 1 unspecified atom stereocenters. The van der Waals surface area contributed by atoms with Gasteiger partial charge in [-0.25, -0.2) is 0 Å². The molecular weight excluding hydrogens is 327 g/mol. The van der Waals surface area contributed by atoms with Crippen molar-refractivity contribution in [1.29, 1.82) is 5.26 Å². The van der Waals surface area contributed by atoms with E-state index < -0.39 is 11.7 Å². The number of hydrogen-bond donors (Lipinski definition) is 0. The predicted molar refractivity (Wildman–Crippen MR) is 90.2 cm³/mol. The van der Waals surface area contributed by atoms with Crippen molar-refractivity contribution in [3.63, 3.8) is 0 Å². The molecule has 0 radical (unpaired) electrons. The Hall–Kier alpha value is -2.52. The van der Waals surface area contributed by atoms with Crippen LogP contribution in [0.15, 0.2) is 48.5 Å². The van der Waals surface area contributed by atoms with Crippen LogP contribution in [-0.2, 0) is 6.18 Å². The van der Waals surface area contributed by atoms with E-state index in [0.29, 0.717) is 12.1 Å². The van der Waals surface area contributed by atoms with Crippen molar-refractivity contribution < 1.29 is 13.2 Å². The molecule has 1 aliphatic rings. The minimum Gasteiger partial charge on any atom is -0.368 e. The molecule has 0 aromatic heterocycles. The average molecular weight is 345 g/mol. The lowest BCUT2D eigenvalue weighted by Gasteiger charge is -2.41. The zero-order valence-corrected chi connectivity index (χ0v) is 13.8. The first-order valence-electron chi connectivity index (χ1n) is 8.01. The van der Waals surface area contributed by atoms with Crippen molar-refractivity contribution >= 4 is 5.69 Å². The van der Waals surface area contributed by atoms with E-state index >= 15 is 0 Å². The number of hydrogen-bond acceptors (Lipinski definition) is 3. The first kappa shape index (κ1) is 17.3. The highest BCUT2D eigenvalue weighted by molar-refractivity contribution is 5.50. The zero-order chi connectivity index (χ0) is 18.0. The lowest BCUT2D eigenvalue weighted by molar-refractivity contribution is -0.137. The fourth-order valence-electron chi connectivity index (χ4n) is 3.11. The molecule has 2 aromatic carbocycles. The number of nitrogens with zero attached hydrogens (tertiary/aromatic N) is 3. The number of benzene rings is 2. The fraction of sp³-hybridized carbons (Fsp3) is 0.316. The van der Waals surface area contributed by atoms with Gasteiger partial charge in [0.25, 0.3) is 0 Å². The van der Waals surface area contributed by atoms with Gasteiger partial charge in [0.15, 0.2) is 0 Å². The number of likely N-dealkylation sites (N-methyl/N-ethyl adjacent to an activating group) is 1. The monoisotopic (exact) mass is 345 g/mol. The van der Waals surface area contributed by atoms with E-state index in [1.807, 2.05) is 19.2 Å². The van der Waals surface area contributed by atoms with E-state index in [0.717, 1.165) is 36.5 Å². The zero-order valence-electron chi connectivity index (χ0n) is 13.8. The molecule has 1 atom stereocenters. The topological polar surface area (TPSA) is 30.3 Å². The minimum atomic E-state index is -4.31. The van der Waals surface area contributed by atoms with Crippen molar-refractivity contribution in [2.75, 3.05) is 31.6 Å². The number of alkyl halides is 3. The molecule has 1 heterocycles. The highest BCUT2D eigenvalue weighted by Gasteiger charge is 2.31. The summed E-state index contributed by atoms with van der Waals surface area (Å²) < 4.78 is 38.2. The molecule has 130 valence electrons. The van der Waals surface area contributed by atoms with Gasteiger partial charge in [-0.2, -0.15) is 18.4 Å². The summed E-state index contributed by atoms with van der Waals surface area (Å²) in [6.07, 6.45) is -4.31. The molecule has 0 bridgehead atoms. The third kappa shape index (κ3) is 3.77. The second kappa shape index (κ2) is 6.77. The second-order valence-corrected chi connectivity index (χ2v) is 6.22. The standard InChI is InChI=1S/C19H18F3N3/c1-24-10-11-25(17-8-2-14(12-23)3-9-17)13-18(24)15-4-6-16(7-5-15)19(20,21)22/h2-9,18H,10-11,13H2,1H3. The van der Waals surface area contributed by atoms with Crippen molar-refractivity contribution in [1.82, 2.24) is 4.90 Å². The van der Waals surface area contributed by atoms with Gasteiger partial charge in [0.2, 0.25) is 0 Å². The van der Waals surface area contributed by atoms with Crippen molar-refractivity contribution in [2.24, 2.45) is 0 Å². The third-order valence-corrected chi connectivity index (χ3v) is 4.63. The summed E-state index contributed by atoms with van der Waals surface area (Å²) in [6, 6.07) is 14.9. The molecule has 1 saturated heterocycles. The molecule has 0 spiro atoms. The van der Waals surface area contributed by atoms with Crippen LogP contribution < -0.4 is 4.90 Å². The molecule has 2 aromatic rings. The summed E-state index contributed by atoms with van der Waals surface area (Å²) in [5.74, 6) is 0. The van der Waals surface area contributed by atoms with Crippen molar-refractivity contribution in [2.45, 2.75) is 12.2 Å². The van der Waals surface area contributed by atoms with E-state index in [-0.39, 0.29) is 6.04 Å². The number of halogens is 3. The van der Waals surface area contributed by atoms with Gasteiger partial charge in [-0.05, 0) is 49.0 Å². The van der Waals surface area contributed by atoms with Crippen LogP contribution in [0.3, 0.4) is 0 Å². The van der Waals surface area contributed by atoms with Crippen LogP contribution in [0.1, 0.15) is 22.7 Å². The third-order valence-electron chi connectivity index (χ3n) is 4.63. The molecule has 0 aliphatic carbocycles. The van der Waals surface area contributed by atoms with Crippen LogP contribution in [0, 0.1) is 11.3 Å². The molecule has 0 saturated carbocycles. The molecule has 1 fully saturated rings. The highest BCUT2D eigenvalue weighted by Crippen LogP contribution is 2.32. The Bertz CT molecular complexity index is 760. The Morgan fingerprint density at radius 3 is 2.20 bits per heavy atom. The van der Waals surface area contributed by atoms with Crippen LogP contribution in [0.4, 0.5) is 18.9 Å². The summed E-state index contributed by atoms with van der Waals surface area (Å²) in [5, 5.41) is 8.89. The summed E-state index contributed by atoms with van der Waals surface area (Å²) in [7, 11) is 1.98. The van der Waals surface area contributed by atoms with Crippen LogP contribution in [0.5, 0.6) is 0 Å². The number of piperazine rings is 1. The summed E-state index contributed by atoms with van der Waals surface area (Å²) >= 11 is 0. The van der Waals surface area contributed by atoms with Crippen LogP contribution in [0.2, 0.25) is 0 Å². The predicted octanol–water partition coefficient (Wildman–Crippen LogP) is 4.07. The van der Waals surface area contributed by atoms with Gasteiger partial charge in [-0.15, -0.1) is 0 Å². The van der Waals surface area contributed by atoms with Gasteiger partial charge < -0.3 is 4.90 Å². The Morgan fingerprint density at radius 2 is 1.64 bits per heavy atom. The van der Waals surface area contributed by atoms with E-state index in [1.54, 1.807) is 24.3 Å². The van der Waals surface area contributed by atoms with Crippen molar-refractivity contribution in [3.05, 3.63) is 65.2 Å². The minimum absolute atomic E-state index is 0.0201. The molecular formula is C19H18F3N3. The average Bonchev–Trinajstić information content (AvgIpc) is 2.62. The molecule has 0 amide bonds. The van der Waals surface area contributed by atoms with Crippen LogP contribution >= 0.6 is 0 Å². The SMILES string of the molecule is CN1CCN(c2ccc(C#N)cc2)CC1c1ccc(C(F)(F)F)cc1. The molecule has 6 heteroatoms. The van der Waals surface area contributed by atoms with E-state index in [1.165, 1.54) is 0 Å². The fourth-order valence-corrected chi connectivity index (χ4v) is 3.11. The number of anilines is 1. The van der Waals surface area contributed by atoms with Gasteiger partial charge in [0.05, 0.1) is 23.2 Å². The van der Waals surface area contributed by atoms with E-state index in [2.05, 4.69) is 15.9 Å². The Balaban J connectivity index is 1.79. The molecule has 1 aliphatic heterocycles. The first-order chi connectivity index (χ1) is 11.9. The Kier molecular flexibility index (Phi) is 4.69. The maximum absolute atomic E-state index is 12.7. The van der Waals surface area contributed by atoms with Gasteiger partial charge in [0, 0.05) is 25.3 Å².